The third-order valence-electron chi connectivity index (χ3n) is 2.98. The zero-order chi connectivity index (χ0) is 16.4. The standard InChI is InChI=1S/C13H18N2O5S/c1-7(2)11(12(14)16)15-21(19,20)10-6-9(13(17)18)5-4-8(10)3/h4-7,11,15H,1-3H3,(H2,14,16)(H,17,18). The van der Waals surface area contributed by atoms with Crippen molar-refractivity contribution in [2.24, 2.45) is 11.7 Å². The molecule has 0 aliphatic rings. The molecule has 0 saturated heterocycles. The van der Waals surface area contributed by atoms with Crippen molar-refractivity contribution in [3.63, 3.8) is 0 Å². The smallest absolute Gasteiger partial charge is 0.335 e. The van der Waals surface area contributed by atoms with Gasteiger partial charge in [-0.15, -0.1) is 0 Å². The average molecular weight is 314 g/mol. The molecule has 0 aliphatic heterocycles. The van der Waals surface area contributed by atoms with E-state index >= 15 is 0 Å². The van der Waals surface area contributed by atoms with Gasteiger partial charge in [-0.25, -0.2) is 13.2 Å². The molecule has 1 atom stereocenters. The monoisotopic (exact) mass is 314 g/mol. The number of benzene rings is 1. The lowest BCUT2D eigenvalue weighted by molar-refractivity contribution is -0.120. The Kier molecular flexibility index (Phi) is 5.08. The maximum absolute atomic E-state index is 12.3. The average Bonchev–Trinajstić information content (AvgIpc) is 2.35. The lowest BCUT2D eigenvalue weighted by atomic mass is 10.1. The van der Waals surface area contributed by atoms with Crippen molar-refractivity contribution in [1.29, 1.82) is 0 Å². The molecule has 1 amide bonds. The fourth-order valence-electron chi connectivity index (χ4n) is 1.78. The number of carbonyl (C=O) groups is 2. The minimum absolute atomic E-state index is 0.152. The molecule has 1 rings (SSSR count). The fraction of sp³-hybridized carbons (Fsp3) is 0.385. The van der Waals surface area contributed by atoms with Crippen LogP contribution in [0.4, 0.5) is 0 Å². The molecule has 0 spiro atoms. The van der Waals surface area contributed by atoms with Gasteiger partial charge in [0.15, 0.2) is 0 Å². The van der Waals surface area contributed by atoms with E-state index in [0.29, 0.717) is 5.56 Å². The van der Waals surface area contributed by atoms with Crippen LogP contribution >= 0.6 is 0 Å². The third kappa shape index (κ3) is 4.02. The highest BCUT2D eigenvalue weighted by atomic mass is 32.2. The Labute approximate surface area is 123 Å². The summed E-state index contributed by atoms with van der Waals surface area (Å²) in [6.07, 6.45) is 0. The molecule has 0 radical (unpaired) electrons. The fourth-order valence-corrected chi connectivity index (χ4v) is 3.40. The first kappa shape index (κ1) is 17.1. The SMILES string of the molecule is Cc1ccc(C(=O)O)cc1S(=O)(=O)NC(C(N)=O)C(C)C. The van der Waals surface area contributed by atoms with Gasteiger partial charge in [0.1, 0.15) is 6.04 Å². The number of hydrogen-bond acceptors (Lipinski definition) is 4. The minimum atomic E-state index is -4.05. The molecule has 0 heterocycles. The van der Waals surface area contributed by atoms with Gasteiger partial charge in [-0.3, -0.25) is 4.79 Å². The molecule has 0 aromatic heterocycles. The minimum Gasteiger partial charge on any atom is -0.478 e. The zero-order valence-corrected chi connectivity index (χ0v) is 12.8. The molecule has 0 aliphatic carbocycles. The Morgan fingerprint density at radius 3 is 2.29 bits per heavy atom. The van der Waals surface area contributed by atoms with Gasteiger partial charge in [-0.05, 0) is 30.5 Å². The number of sulfonamides is 1. The van der Waals surface area contributed by atoms with Crippen LogP contribution in [0.15, 0.2) is 23.1 Å². The molecule has 1 aromatic carbocycles. The van der Waals surface area contributed by atoms with Crippen LogP contribution < -0.4 is 10.5 Å². The molecule has 21 heavy (non-hydrogen) atoms. The van der Waals surface area contributed by atoms with E-state index in [0.717, 1.165) is 6.07 Å². The van der Waals surface area contributed by atoms with E-state index in [1.165, 1.54) is 19.1 Å². The van der Waals surface area contributed by atoms with Gasteiger partial charge in [0, 0.05) is 0 Å². The zero-order valence-electron chi connectivity index (χ0n) is 12.0. The highest BCUT2D eigenvalue weighted by Crippen LogP contribution is 2.18. The maximum Gasteiger partial charge on any atom is 0.335 e. The van der Waals surface area contributed by atoms with Gasteiger partial charge in [0.2, 0.25) is 15.9 Å². The number of carbonyl (C=O) groups excluding carboxylic acids is 1. The lowest BCUT2D eigenvalue weighted by Gasteiger charge is -2.19. The number of hydrogen-bond donors (Lipinski definition) is 3. The second-order valence-electron chi connectivity index (χ2n) is 5.03. The van der Waals surface area contributed by atoms with Crippen LogP contribution in [0.1, 0.15) is 29.8 Å². The van der Waals surface area contributed by atoms with Gasteiger partial charge in [-0.2, -0.15) is 4.72 Å². The summed E-state index contributed by atoms with van der Waals surface area (Å²) in [7, 11) is -4.05. The van der Waals surface area contributed by atoms with E-state index < -0.39 is 27.9 Å². The van der Waals surface area contributed by atoms with Gasteiger partial charge in [0.25, 0.3) is 0 Å². The number of primary amides is 1. The summed E-state index contributed by atoms with van der Waals surface area (Å²) in [5, 5.41) is 8.93. The van der Waals surface area contributed by atoms with Gasteiger partial charge in [-0.1, -0.05) is 19.9 Å². The molecule has 116 valence electrons. The summed E-state index contributed by atoms with van der Waals surface area (Å²) >= 11 is 0. The van der Waals surface area contributed by atoms with Gasteiger partial charge < -0.3 is 10.8 Å². The van der Waals surface area contributed by atoms with Crippen LogP contribution in [0.25, 0.3) is 0 Å². The third-order valence-corrected chi connectivity index (χ3v) is 4.56. The number of rotatable bonds is 6. The Hall–Kier alpha value is -1.93. The second-order valence-corrected chi connectivity index (χ2v) is 6.71. The Morgan fingerprint density at radius 1 is 1.29 bits per heavy atom. The Balaban J connectivity index is 3.27. The van der Waals surface area contributed by atoms with E-state index in [-0.39, 0.29) is 16.4 Å². The number of carboxylic acids is 1. The summed E-state index contributed by atoms with van der Waals surface area (Å²) in [5.74, 6) is -2.36. The van der Waals surface area contributed by atoms with Crippen LogP contribution in [0.2, 0.25) is 0 Å². The molecular weight excluding hydrogens is 296 g/mol. The van der Waals surface area contributed by atoms with E-state index in [9.17, 15) is 18.0 Å². The molecule has 8 heteroatoms. The number of nitrogens with one attached hydrogen (secondary N) is 1. The van der Waals surface area contributed by atoms with E-state index in [4.69, 9.17) is 10.8 Å². The van der Waals surface area contributed by atoms with Crippen molar-refractivity contribution in [2.45, 2.75) is 31.7 Å². The second kappa shape index (κ2) is 6.23. The predicted molar refractivity (Wildman–Crippen MR) is 76.3 cm³/mol. The molecule has 0 saturated carbocycles. The molecule has 0 bridgehead atoms. The van der Waals surface area contributed by atoms with Gasteiger partial charge in [0.05, 0.1) is 10.5 Å². The first-order chi connectivity index (χ1) is 9.56. The highest BCUT2D eigenvalue weighted by Gasteiger charge is 2.28. The Bertz CT molecular complexity index is 667. The summed E-state index contributed by atoms with van der Waals surface area (Å²) in [6.45, 7) is 4.84. The summed E-state index contributed by atoms with van der Waals surface area (Å²) < 4.78 is 26.9. The highest BCUT2D eigenvalue weighted by molar-refractivity contribution is 7.89. The van der Waals surface area contributed by atoms with Crippen molar-refractivity contribution < 1.29 is 23.1 Å². The summed E-state index contributed by atoms with van der Waals surface area (Å²) in [5.41, 5.74) is 5.40. The van der Waals surface area contributed by atoms with Crippen LogP contribution in [-0.2, 0) is 14.8 Å². The number of amides is 1. The normalized spacial score (nSPS) is 13.1. The molecule has 1 unspecified atom stereocenters. The number of aromatic carboxylic acids is 1. The van der Waals surface area contributed by atoms with E-state index in [1.54, 1.807) is 13.8 Å². The Morgan fingerprint density at radius 2 is 1.86 bits per heavy atom. The topological polar surface area (TPSA) is 127 Å². The van der Waals surface area contributed by atoms with Crippen molar-refractivity contribution in [1.82, 2.24) is 4.72 Å². The van der Waals surface area contributed by atoms with E-state index in [1.807, 2.05) is 0 Å². The van der Waals surface area contributed by atoms with Crippen molar-refractivity contribution in [3.8, 4) is 0 Å². The first-order valence-electron chi connectivity index (χ1n) is 6.22. The van der Waals surface area contributed by atoms with Crippen molar-refractivity contribution in [2.75, 3.05) is 0 Å². The number of nitrogens with two attached hydrogens (primary N) is 1. The van der Waals surface area contributed by atoms with Crippen molar-refractivity contribution >= 4 is 21.9 Å². The van der Waals surface area contributed by atoms with Crippen LogP contribution in [0.3, 0.4) is 0 Å². The summed E-state index contributed by atoms with van der Waals surface area (Å²) in [4.78, 5) is 22.1. The molecule has 0 fully saturated rings. The number of aryl methyl sites for hydroxylation is 1. The molecular formula is C13H18N2O5S. The molecule has 7 nitrogen and oxygen atoms in total. The first-order valence-corrected chi connectivity index (χ1v) is 7.70. The summed E-state index contributed by atoms with van der Waals surface area (Å²) in [6, 6.07) is 2.69. The largest absolute Gasteiger partial charge is 0.478 e. The predicted octanol–water partition coefficient (Wildman–Crippen LogP) is 0.481. The quantitative estimate of drug-likeness (QED) is 0.704. The lowest BCUT2D eigenvalue weighted by Crippen LogP contribution is -2.47. The van der Waals surface area contributed by atoms with Crippen LogP contribution in [0.5, 0.6) is 0 Å². The van der Waals surface area contributed by atoms with E-state index in [2.05, 4.69) is 4.72 Å². The van der Waals surface area contributed by atoms with Gasteiger partial charge >= 0.3 is 5.97 Å². The molecule has 1 aromatic rings. The van der Waals surface area contributed by atoms with Crippen molar-refractivity contribution in [3.05, 3.63) is 29.3 Å². The molecule has 4 N–H and O–H groups in total. The number of carboxylic acid groups (broad SMARTS) is 1. The van der Waals surface area contributed by atoms with Crippen LogP contribution in [-0.4, -0.2) is 31.4 Å². The van der Waals surface area contributed by atoms with Crippen LogP contribution in [0, 0.1) is 12.8 Å². The maximum atomic E-state index is 12.3.